The highest BCUT2D eigenvalue weighted by atomic mass is 32.1. The SMILES string of the molecule is CCc1cc(NC(=O)Nc2ccc(-c3cnc(Nc4cc(N5CCC(N(C)CCCc6cc(NC(=O)Nc7ccc(-c8cnc(Nc9cc(N%10CCC(N(C)C)CC%10)nc(C)n9)s8)cc7)no6)C5)nc(C)n4)s3)cc2C)no1. The highest BCUT2D eigenvalue weighted by Gasteiger charge is 2.28. The molecule has 8 heterocycles. The first kappa shape index (κ1) is 53.3. The molecule has 24 heteroatoms. The molecular weight excluding hydrogens is 1030 g/mol. The molecule has 0 radical (unpaired) electrons. The Bertz CT molecular complexity index is 3350. The van der Waals surface area contributed by atoms with E-state index in [1.165, 1.54) is 22.7 Å². The number of anilines is 10. The zero-order valence-corrected chi connectivity index (χ0v) is 46.4. The van der Waals surface area contributed by atoms with Gasteiger partial charge in [0, 0.05) is 99.1 Å². The van der Waals surface area contributed by atoms with Gasteiger partial charge in [0.05, 0.1) is 9.75 Å². The summed E-state index contributed by atoms with van der Waals surface area (Å²) >= 11 is 3.05. The number of hydrogen-bond acceptors (Lipinski definition) is 20. The predicted molar refractivity (Wildman–Crippen MR) is 308 cm³/mol. The molecule has 2 fully saturated rings. The number of likely N-dealkylation sites (N-methyl/N-ethyl adjacent to an activating group) is 1. The number of carbonyl (C=O) groups is 2. The summed E-state index contributed by atoms with van der Waals surface area (Å²) in [5.41, 5.74) is 4.18. The summed E-state index contributed by atoms with van der Waals surface area (Å²) in [6.45, 7) is 12.2. The number of benzene rings is 2. The second-order valence-electron chi connectivity index (χ2n) is 19.8. The monoisotopic (exact) mass is 1090 g/mol. The number of rotatable bonds is 19. The van der Waals surface area contributed by atoms with Crippen molar-refractivity contribution in [3.63, 3.8) is 0 Å². The molecule has 2 aliphatic rings. The van der Waals surface area contributed by atoms with Crippen LogP contribution in [0.4, 0.5) is 66.1 Å². The lowest BCUT2D eigenvalue weighted by atomic mass is 10.0. The molecule has 4 amide bonds. The molecule has 0 aliphatic carbocycles. The van der Waals surface area contributed by atoms with Gasteiger partial charge in [-0.2, -0.15) is 0 Å². The summed E-state index contributed by atoms with van der Waals surface area (Å²) in [5, 5.41) is 27.5. The summed E-state index contributed by atoms with van der Waals surface area (Å²) in [7, 11) is 6.44. The van der Waals surface area contributed by atoms with E-state index < -0.39 is 12.1 Å². The van der Waals surface area contributed by atoms with Gasteiger partial charge in [-0.25, -0.2) is 39.5 Å². The summed E-state index contributed by atoms with van der Waals surface area (Å²) in [4.78, 5) is 64.9. The van der Waals surface area contributed by atoms with Gasteiger partial charge >= 0.3 is 12.1 Å². The maximum Gasteiger partial charge on any atom is 0.324 e. The molecular formula is C54H64N18O4S2. The predicted octanol–water partition coefficient (Wildman–Crippen LogP) is 10.4. The third kappa shape index (κ3) is 13.5. The number of carbonyl (C=O) groups excluding carboxylic acids is 2. The average Bonchev–Trinajstić information content (AvgIpc) is 4.31. The van der Waals surface area contributed by atoms with Crippen LogP contribution in [0.2, 0.25) is 0 Å². The zero-order chi connectivity index (χ0) is 54.3. The van der Waals surface area contributed by atoms with E-state index in [2.05, 4.69) is 103 Å². The van der Waals surface area contributed by atoms with E-state index in [-0.39, 0.29) is 0 Å². The molecule has 78 heavy (non-hydrogen) atoms. The van der Waals surface area contributed by atoms with Crippen molar-refractivity contribution in [2.24, 2.45) is 0 Å². The number of piperidine rings is 1. The fraction of sp³-hybridized carbons (Fsp3) is 0.370. The van der Waals surface area contributed by atoms with E-state index in [1.54, 1.807) is 12.1 Å². The first-order chi connectivity index (χ1) is 37.7. The number of nitrogens with zero attached hydrogens (tertiary/aromatic N) is 12. The van der Waals surface area contributed by atoms with Crippen LogP contribution in [0.1, 0.15) is 61.3 Å². The molecule has 6 aromatic heterocycles. The number of hydrogen-bond donors (Lipinski definition) is 6. The highest BCUT2D eigenvalue weighted by molar-refractivity contribution is 7.19. The normalized spacial score (nSPS) is 14.8. The maximum absolute atomic E-state index is 13.0. The Hall–Kier alpha value is -8.06. The number of aromatic nitrogens is 8. The van der Waals surface area contributed by atoms with Gasteiger partial charge in [0.1, 0.15) is 46.4 Å². The van der Waals surface area contributed by atoms with Gasteiger partial charge < -0.3 is 49.9 Å². The Morgan fingerprint density at radius 2 is 1.21 bits per heavy atom. The van der Waals surface area contributed by atoms with Crippen molar-refractivity contribution >= 4 is 91.3 Å². The summed E-state index contributed by atoms with van der Waals surface area (Å²) in [6, 6.07) is 21.0. The third-order valence-electron chi connectivity index (χ3n) is 13.8. The Balaban J connectivity index is 0.644. The smallest absolute Gasteiger partial charge is 0.324 e. The van der Waals surface area contributed by atoms with Crippen LogP contribution in [-0.4, -0.2) is 128 Å². The molecule has 6 N–H and O–H groups in total. The van der Waals surface area contributed by atoms with Crippen LogP contribution in [-0.2, 0) is 12.8 Å². The second kappa shape index (κ2) is 24.1. The molecule has 10 rings (SSSR count). The number of urea groups is 2. The van der Waals surface area contributed by atoms with Crippen molar-refractivity contribution in [2.75, 3.05) is 95.6 Å². The van der Waals surface area contributed by atoms with Crippen molar-refractivity contribution in [1.29, 1.82) is 0 Å². The Morgan fingerprint density at radius 3 is 1.82 bits per heavy atom. The van der Waals surface area contributed by atoms with E-state index in [4.69, 9.17) is 19.0 Å². The topological polar surface area (TPSA) is 249 Å². The lowest BCUT2D eigenvalue weighted by Gasteiger charge is -2.35. The third-order valence-corrected chi connectivity index (χ3v) is 15.8. The summed E-state index contributed by atoms with van der Waals surface area (Å²) < 4.78 is 10.8. The van der Waals surface area contributed by atoms with Crippen molar-refractivity contribution in [3.05, 3.63) is 108 Å². The van der Waals surface area contributed by atoms with Gasteiger partial charge in [0.15, 0.2) is 21.9 Å². The second-order valence-corrected chi connectivity index (χ2v) is 21.8. The fourth-order valence-electron chi connectivity index (χ4n) is 9.56. The minimum atomic E-state index is -0.416. The van der Waals surface area contributed by atoms with Gasteiger partial charge in [-0.05, 0) is 115 Å². The molecule has 22 nitrogen and oxygen atoms in total. The van der Waals surface area contributed by atoms with Crippen LogP contribution in [0.5, 0.6) is 0 Å². The van der Waals surface area contributed by atoms with Crippen LogP contribution in [0.15, 0.2) is 88.2 Å². The molecule has 8 aromatic rings. The lowest BCUT2D eigenvalue weighted by molar-refractivity contribution is 0.249. The number of aryl methyl sites for hydroxylation is 5. The highest BCUT2D eigenvalue weighted by Crippen LogP contribution is 2.35. The number of thiazole rings is 2. The first-order valence-corrected chi connectivity index (χ1v) is 27.7. The van der Waals surface area contributed by atoms with Crippen molar-refractivity contribution in [3.8, 4) is 20.9 Å². The van der Waals surface area contributed by atoms with Crippen molar-refractivity contribution < 1.29 is 18.6 Å². The van der Waals surface area contributed by atoms with E-state index in [9.17, 15) is 9.59 Å². The van der Waals surface area contributed by atoms with Gasteiger partial charge in [-0.15, -0.1) is 0 Å². The molecule has 2 saturated heterocycles. The van der Waals surface area contributed by atoms with Gasteiger partial charge in [0.25, 0.3) is 0 Å². The largest absolute Gasteiger partial charge is 0.359 e. The molecule has 0 spiro atoms. The maximum atomic E-state index is 13.0. The molecule has 2 aliphatic heterocycles. The molecule has 0 saturated carbocycles. The first-order valence-electron chi connectivity index (χ1n) is 26.1. The standard InChI is InChI=1S/C54H64N18O4S2/c1-8-40-25-47(67-75-40)64-52(74)62-42-16-13-36(24-32(42)2)44-30-56-54(78-44)66-46-28-50(60-34(4)58-46)72-23-19-39(31-72)70(7)20-9-10-41-26-48(68-76-41)63-51(73)61-37-14-11-35(12-15-37)43-29-55-53(77-43)65-45-27-49(59-33(3)57-45)71-21-17-38(18-22-71)69(5)6/h11-16,24-30,38-39H,8-10,17-23,31H2,1-7H3,(H,55,57,59,65)(H,56,58,60,66)(H2,61,63,68,73)(H2,62,64,67,74). The van der Waals surface area contributed by atoms with Crippen LogP contribution in [0, 0.1) is 20.8 Å². The quantitative estimate of drug-likeness (QED) is 0.0440. The van der Waals surface area contributed by atoms with Gasteiger partial charge in [-0.1, -0.05) is 58.1 Å². The van der Waals surface area contributed by atoms with E-state index in [0.29, 0.717) is 87.9 Å². The Labute approximate surface area is 460 Å². The van der Waals surface area contributed by atoms with Crippen LogP contribution in [0.25, 0.3) is 20.9 Å². The Kier molecular flexibility index (Phi) is 16.5. The number of nitrogens with one attached hydrogen (secondary N) is 6. The van der Waals surface area contributed by atoms with Gasteiger partial charge in [-0.3, -0.25) is 10.6 Å². The number of amides is 4. The molecule has 406 valence electrons. The minimum Gasteiger partial charge on any atom is -0.359 e. The summed E-state index contributed by atoms with van der Waals surface area (Å²) in [6.07, 6.45) is 9.09. The molecule has 0 bridgehead atoms. The van der Waals surface area contributed by atoms with Gasteiger partial charge in [0.2, 0.25) is 0 Å². The van der Waals surface area contributed by atoms with Crippen LogP contribution < -0.4 is 41.7 Å². The molecule has 2 aromatic carbocycles. The molecule has 1 atom stereocenters. The van der Waals surface area contributed by atoms with Crippen molar-refractivity contribution in [1.82, 2.24) is 50.0 Å². The Morgan fingerprint density at radius 1 is 0.641 bits per heavy atom. The lowest BCUT2D eigenvalue weighted by Crippen LogP contribution is -2.42. The van der Waals surface area contributed by atoms with E-state index >= 15 is 0 Å². The van der Waals surface area contributed by atoms with Crippen molar-refractivity contribution in [2.45, 2.75) is 78.3 Å². The van der Waals surface area contributed by atoms with Crippen LogP contribution >= 0.6 is 22.7 Å². The van der Waals surface area contributed by atoms with Crippen LogP contribution in [0.3, 0.4) is 0 Å². The minimum absolute atomic E-state index is 0.344. The molecule has 1 unspecified atom stereocenters. The zero-order valence-electron chi connectivity index (χ0n) is 44.8. The fourth-order valence-corrected chi connectivity index (χ4v) is 11.2. The average molecular weight is 1090 g/mol. The summed E-state index contributed by atoms with van der Waals surface area (Å²) in [5.74, 6) is 6.67. The van der Waals surface area contributed by atoms with E-state index in [0.717, 1.165) is 102 Å². The van der Waals surface area contributed by atoms with E-state index in [1.807, 2.05) is 94.7 Å².